The van der Waals surface area contributed by atoms with Gasteiger partial charge in [0.05, 0.1) is 11.3 Å². The predicted octanol–water partition coefficient (Wildman–Crippen LogP) is 4.00. The predicted molar refractivity (Wildman–Crippen MR) is 77.2 cm³/mol. The van der Waals surface area contributed by atoms with Gasteiger partial charge in [-0.25, -0.2) is 9.97 Å². The van der Waals surface area contributed by atoms with Crippen molar-refractivity contribution in [1.82, 2.24) is 14.5 Å². The normalized spacial score (nSPS) is 15.5. The molecular weight excluding hydrogens is 293 g/mol. The third-order valence-electron chi connectivity index (χ3n) is 3.78. The number of nitrogen functional groups attached to an aromatic ring is 1. The topological polar surface area (TPSA) is 56.7 Å². The number of halogens is 3. The minimum atomic E-state index is -4.52. The van der Waals surface area contributed by atoms with E-state index in [4.69, 9.17) is 5.73 Å². The zero-order chi connectivity index (χ0) is 16.1. The lowest BCUT2D eigenvalue weighted by Crippen LogP contribution is -2.10. The van der Waals surface area contributed by atoms with Crippen molar-refractivity contribution < 1.29 is 13.2 Å². The van der Waals surface area contributed by atoms with Crippen LogP contribution in [0.25, 0.3) is 11.3 Å². The fourth-order valence-electron chi connectivity index (χ4n) is 2.45. The maximum Gasteiger partial charge on any atom is 0.419 e. The Labute approximate surface area is 126 Å². The average Bonchev–Trinajstić information content (AvgIpc) is 3.17. The van der Waals surface area contributed by atoms with Crippen molar-refractivity contribution in [1.29, 1.82) is 0 Å². The highest BCUT2D eigenvalue weighted by molar-refractivity contribution is 5.62. The van der Waals surface area contributed by atoms with E-state index in [9.17, 15) is 13.2 Å². The van der Waals surface area contributed by atoms with Crippen molar-refractivity contribution in [3.05, 3.63) is 29.8 Å². The standard InChI is InChI=1S/C15H17F3N4/c1-8(2)22-7-12(21-14(22)9-3-4-9)10-5-11(15(16,17)18)13(19)20-6-10/h5-9H,3-4H2,1-2H3,(H2,19,20). The lowest BCUT2D eigenvalue weighted by Gasteiger charge is -2.10. The van der Waals surface area contributed by atoms with Crippen molar-refractivity contribution in [2.24, 2.45) is 0 Å². The molecule has 7 heteroatoms. The molecule has 2 aromatic heterocycles. The molecule has 0 radical (unpaired) electrons. The van der Waals surface area contributed by atoms with E-state index in [1.165, 1.54) is 6.20 Å². The first-order valence-corrected chi connectivity index (χ1v) is 7.19. The van der Waals surface area contributed by atoms with Gasteiger partial charge in [0.25, 0.3) is 0 Å². The first kappa shape index (κ1) is 14.9. The van der Waals surface area contributed by atoms with Gasteiger partial charge in [0.1, 0.15) is 11.6 Å². The summed E-state index contributed by atoms with van der Waals surface area (Å²) in [6, 6.07) is 1.23. The monoisotopic (exact) mass is 310 g/mol. The minimum Gasteiger partial charge on any atom is -0.383 e. The highest BCUT2D eigenvalue weighted by Gasteiger charge is 2.35. The molecule has 2 N–H and O–H groups in total. The molecule has 0 amide bonds. The summed E-state index contributed by atoms with van der Waals surface area (Å²) in [5, 5.41) is 0. The number of anilines is 1. The van der Waals surface area contributed by atoms with Crippen molar-refractivity contribution >= 4 is 5.82 Å². The van der Waals surface area contributed by atoms with E-state index in [1.54, 1.807) is 6.20 Å². The molecule has 22 heavy (non-hydrogen) atoms. The lowest BCUT2D eigenvalue weighted by molar-refractivity contribution is -0.137. The summed E-state index contributed by atoms with van der Waals surface area (Å²) in [6.45, 7) is 4.05. The van der Waals surface area contributed by atoms with Crippen molar-refractivity contribution in [2.45, 2.75) is 44.8 Å². The van der Waals surface area contributed by atoms with Crippen LogP contribution in [0.3, 0.4) is 0 Å². The van der Waals surface area contributed by atoms with Gasteiger partial charge in [-0.1, -0.05) is 0 Å². The number of rotatable bonds is 3. The SMILES string of the molecule is CC(C)n1cc(-c2cnc(N)c(C(F)(F)F)c2)nc1C1CC1. The van der Waals surface area contributed by atoms with Crippen LogP contribution in [-0.2, 0) is 6.18 Å². The number of hydrogen-bond donors (Lipinski definition) is 1. The average molecular weight is 310 g/mol. The van der Waals surface area contributed by atoms with Crippen molar-refractivity contribution in [3.63, 3.8) is 0 Å². The highest BCUT2D eigenvalue weighted by Crippen LogP contribution is 2.41. The molecule has 1 saturated carbocycles. The molecule has 0 saturated heterocycles. The van der Waals surface area contributed by atoms with Gasteiger partial charge >= 0.3 is 6.18 Å². The molecular formula is C15H17F3N4. The van der Waals surface area contributed by atoms with Crippen LogP contribution in [0.5, 0.6) is 0 Å². The molecule has 0 aromatic carbocycles. The largest absolute Gasteiger partial charge is 0.419 e. The Morgan fingerprint density at radius 3 is 2.55 bits per heavy atom. The maximum absolute atomic E-state index is 12.9. The lowest BCUT2D eigenvalue weighted by atomic mass is 10.1. The Morgan fingerprint density at radius 2 is 2.00 bits per heavy atom. The Balaban J connectivity index is 2.06. The van der Waals surface area contributed by atoms with Crippen LogP contribution in [0, 0.1) is 0 Å². The molecule has 4 nitrogen and oxygen atoms in total. The first-order chi connectivity index (χ1) is 10.3. The second-order valence-corrected chi connectivity index (χ2v) is 5.91. The van der Waals surface area contributed by atoms with E-state index in [1.807, 2.05) is 18.4 Å². The molecule has 0 unspecified atom stereocenters. The number of aromatic nitrogens is 3. The summed E-state index contributed by atoms with van der Waals surface area (Å²) in [5.74, 6) is 0.845. The zero-order valence-electron chi connectivity index (χ0n) is 12.4. The van der Waals surface area contributed by atoms with Crippen LogP contribution >= 0.6 is 0 Å². The second kappa shape index (κ2) is 5.00. The summed E-state index contributed by atoms with van der Waals surface area (Å²) in [6.07, 6.45) is 0.779. The van der Waals surface area contributed by atoms with Crippen LogP contribution in [0.2, 0.25) is 0 Å². The fraction of sp³-hybridized carbons (Fsp3) is 0.467. The van der Waals surface area contributed by atoms with Crippen LogP contribution < -0.4 is 5.73 Å². The summed E-state index contributed by atoms with van der Waals surface area (Å²) >= 11 is 0. The van der Waals surface area contributed by atoms with E-state index in [0.717, 1.165) is 24.7 Å². The van der Waals surface area contributed by atoms with E-state index in [2.05, 4.69) is 9.97 Å². The van der Waals surface area contributed by atoms with E-state index in [-0.39, 0.29) is 6.04 Å². The van der Waals surface area contributed by atoms with Gasteiger partial charge in [0.15, 0.2) is 0 Å². The van der Waals surface area contributed by atoms with Gasteiger partial charge in [-0.15, -0.1) is 0 Å². The molecule has 0 spiro atoms. The Kier molecular flexibility index (Phi) is 3.38. The smallest absolute Gasteiger partial charge is 0.383 e. The molecule has 2 aromatic rings. The summed E-state index contributed by atoms with van der Waals surface area (Å²) in [5.41, 5.74) is 5.26. The van der Waals surface area contributed by atoms with E-state index < -0.39 is 17.6 Å². The molecule has 1 aliphatic carbocycles. The minimum absolute atomic E-state index is 0.209. The van der Waals surface area contributed by atoms with Gasteiger partial charge < -0.3 is 10.3 Å². The summed E-state index contributed by atoms with van der Waals surface area (Å²) in [4.78, 5) is 8.21. The number of alkyl halides is 3. The van der Waals surface area contributed by atoms with E-state index >= 15 is 0 Å². The number of hydrogen-bond acceptors (Lipinski definition) is 3. The summed E-state index contributed by atoms with van der Waals surface area (Å²) < 4.78 is 40.9. The van der Waals surface area contributed by atoms with Gasteiger partial charge in [-0.05, 0) is 32.8 Å². The van der Waals surface area contributed by atoms with Gasteiger partial charge in [-0.3, -0.25) is 0 Å². The Morgan fingerprint density at radius 1 is 1.32 bits per heavy atom. The fourth-order valence-corrected chi connectivity index (χ4v) is 2.45. The second-order valence-electron chi connectivity index (χ2n) is 5.91. The molecule has 2 heterocycles. The molecule has 1 fully saturated rings. The molecule has 118 valence electrons. The summed E-state index contributed by atoms with van der Waals surface area (Å²) in [7, 11) is 0. The third-order valence-corrected chi connectivity index (χ3v) is 3.78. The van der Waals surface area contributed by atoms with Gasteiger partial charge in [0, 0.05) is 29.9 Å². The number of imidazole rings is 1. The maximum atomic E-state index is 12.9. The van der Waals surface area contributed by atoms with Crippen LogP contribution in [0.1, 0.15) is 50.0 Å². The van der Waals surface area contributed by atoms with Crippen LogP contribution in [-0.4, -0.2) is 14.5 Å². The van der Waals surface area contributed by atoms with Crippen molar-refractivity contribution in [2.75, 3.05) is 5.73 Å². The highest BCUT2D eigenvalue weighted by atomic mass is 19.4. The van der Waals surface area contributed by atoms with Gasteiger partial charge in [0.2, 0.25) is 0 Å². The van der Waals surface area contributed by atoms with Crippen LogP contribution in [0.4, 0.5) is 19.0 Å². The molecule has 0 bridgehead atoms. The van der Waals surface area contributed by atoms with Crippen LogP contribution in [0.15, 0.2) is 18.5 Å². The quantitative estimate of drug-likeness (QED) is 0.932. The number of nitrogens with two attached hydrogens (primary N) is 1. The van der Waals surface area contributed by atoms with E-state index in [0.29, 0.717) is 17.2 Å². The van der Waals surface area contributed by atoms with Crippen molar-refractivity contribution in [3.8, 4) is 11.3 Å². The Hall–Kier alpha value is -2.05. The molecule has 1 aliphatic rings. The number of nitrogens with zero attached hydrogens (tertiary/aromatic N) is 3. The zero-order valence-corrected chi connectivity index (χ0v) is 12.4. The van der Waals surface area contributed by atoms with Gasteiger partial charge in [-0.2, -0.15) is 13.2 Å². The molecule has 0 aliphatic heterocycles. The molecule has 0 atom stereocenters. The Bertz CT molecular complexity index is 680. The third kappa shape index (κ3) is 2.67. The number of pyridine rings is 1. The first-order valence-electron chi connectivity index (χ1n) is 7.19. The molecule has 3 rings (SSSR count).